The van der Waals surface area contributed by atoms with E-state index >= 15 is 0 Å². The van der Waals surface area contributed by atoms with Crippen LogP contribution in [-0.4, -0.2) is 37.1 Å². The maximum atomic E-state index is 3.76. The second-order valence-corrected chi connectivity index (χ2v) is 5.37. The van der Waals surface area contributed by atoms with Crippen LogP contribution < -0.4 is 5.32 Å². The molecule has 0 radical (unpaired) electrons. The standard InChI is InChI=1S/C13H26N2/c1-12-6-2-3-7-13(12)14-8-11-15-9-4-5-10-15/h12-14H,2-11H2,1H3. The van der Waals surface area contributed by atoms with Crippen molar-refractivity contribution in [3.63, 3.8) is 0 Å². The van der Waals surface area contributed by atoms with Gasteiger partial charge in [-0.3, -0.25) is 0 Å². The van der Waals surface area contributed by atoms with Gasteiger partial charge < -0.3 is 10.2 Å². The van der Waals surface area contributed by atoms with Crippen molar-refractivity contribution in [3.8, 4) is 0 Å². The van der Waals surface area contributed by atoms with Crippen molar-refractivity contribution in [2.75, 3.05) is 26.2 Å². The molecule has 2 aliphatic rings. The van der Waals surface area contributed by atoms with Gasteiger partial charge in [0.25, 0.3) is 0 Å². The van der Waals surface area contributed by atoms with Crippen molar-refractivity contribution in [2.24, 2.45) is 5.92 Å². The normalized spacial score (nSPS) is 33.4. The zero-order valence-corrected chi connectivity index (χ0v) is 10.2. The summed E-state index contributed by atoms with van der Waals surface area (Å²) in [6.07, 6.45) is 8.55. The summed E-state index contributed by atoms with van der Waals surface area (Å²) in [5.74, 6) is 0.900. The van der Waals surface area contributed by atoms with Gasteiger partial charge in [-0.15, -0.1) is 0 Å². The van der Waals surface area contributed by atoms with Crippen LogP contribution in [0.4, 0.5) is 0 Å². The fourth-order valence-corrected chi connectivity index (χ4v) is 3.03. The van der Waals surface area contributed by atoms with Gasteiger partial charge in [-0.25, -0.2) is 0 Å². The zero-order valence-electron chi connectivity index (χ0n) is 10.2. The molecule has 0 aromatic heterocycles. The lowest BCUT2D eigenvalue weighted by Gasteiger charge is -2.30. The molecule has 88 valence electrons. The van der Waals surface area contributed by atoms with Crippen molar-refractivity contribution >= 4 is 0 Å². The van der Waals surface area contributed by atoms with E-state index < -0.39 is 0 Å². The average Bonchev–Trinajstić information content (AvgIpc) is 2.74. The third-order valence-corrected chi connectivity index (χ3v) is 4.14. The van der Waals surface area contributed by atoms with E-state index in [1.807, 2.05) is 0 Å². The van der Waals surface area contributed by atoms with E-state index in [0.29, 0.717) is 0 Å². The second-order valence-electron chi connectivity index (χ2n) is 5.37. The van der Waals surface area contributed by atoms with Crippen LogP contribution in [0.15, 0.2) is 0 Å². The number of hydrogen-bond acceptors (Lipinski definition) is 2. The molecular weight excluding hydrogens is 184 g/mol. The minimum Gasteiger partial charge on any atom is -0.312 e. The summed E-state index contributed by atoms with van der Waals surface area (Å²) < 4.78 is 0. The van der Waals surface area contributed by atoms with Crippen molar-refractivity contribution in [1.82, 2.24) is 10.2 Å². The molecule has 0 aromatic rings. The van der Waals surface area contributed by atoms with E-state index in [2.05, 4.69) is 17.1 Å². The number of nitrogens with one attached hydrogen (secondary N) is 1. The number of nitrogens with zero attached hydrogens (tertiary/aromatic N) is 1. The molecule has 2 fully saturated rings. The molecule has 1 saturated carbocycles. The molecule has 0 aromatic carbocycles. The Morgan fingerprint density at radius 2 is 1.80 bits per heavy atom. The van der Waals surface area contributed by atoms with E-state index in [9.17, 15) is 0 Å². The van der Waals surface area contributed by atoms with Crippen LogP contribution in [0.2, 0.25) is 0 Å². The minimum atomic E-state index is 0.807. The number of hydrogen-bond donors (Lipinski definition) is 1. The van der Waals surface area contributed by atoms with Crippen LogP contribution in [-0.2, 0) is 0 Å². The highest BCUT2D eigenvalue weighted by molar-refractivity contribution is 4.78. The summed E-state index contributed by atoms with van der Waals surface area (Å²) in [5.41, 5.74) is 0. The first-order chi connectivity index (χ1) is 7.36. The van der Waals surface area contributed by atoms with Crippen molar-refractivity contribution in [3.05, 3.63) is 0 Å². The van der Waals surface area contributed by atoms with Gasteiger partial charge >= 0.3 is 0 Å². The Balaban J connectivity index is 1.59. The van der Waals surface area contributed by atoms with Crippen LogP contribution >= 0.6 is 0 Å². The molecule has 2 nitrogen and oxygen atoms in total. The summed E-state index contributed by atoms with van der Waals surface area (Å²) in [5, 5.41) is 3.76. The van der Waals surface area contributed by atoms with Gasteiger partial charge in [-0.1, -0.05) is 19.8 Å². The molecule has 2 heteroatoms. The summed E-state index contributed by atoms with van der Waals surface area (Å²) in [6.45, 7) is 7.55. The maximum absolute atomic E-state index is 3.76. The molecule has 0 amide bonds. The van der Waals surface area contributed by atoms with Gasteiger partial charge in [0.2, 0.25) is 0 Å². The van der Waals surface area contributed by atoms with E-state index in [1.54, 1.807) is 0 Å². The largest absolute Gasteiger partial charge is 0.312 e. The monoisotopic (exact) mass is 210 g/mol. The minimum absolute atomic E-state index is 0.807. The molecular formula is C13H26N2. The van der Waals surface area contributed by atoms with Gasteiger partial charge in [0.15, 0.2) is 0 Å². The molecule has 1 aliphatic heterocycles. The third kappa shape index (κ3) is 3.46. The van der Waals surface area contributed by atoms with Crippen LogP contribution in [0.5, 0.6) is 0 Å². The van der Waals surface area contributed by atoms with Gasteiger partial charge in [0.1, 0.15) is 0 Å². The van der Waals surface area contributed by atoms with E-state index in [-0.39, 0.29) is 0 Å². The summed E-state index contributed by atoms with van der Waals surface area (Å²) in [7, 11) is 0. The fourth-order valence-electron chi connectivity index (χ4n) is 3.03. The third-order valence-electron chi connectivity index (χ3n) is 4.14. The Morgan fingerprint density at radius 3 is 2.53 bits per heavy atom. The first kappa shape index (κ1) is 11.4. The molecule has 1 N–H and O–H groups in total. The molecule has 0 spiro atoms. The second kappa shape index (κ2) is 5.86. The van der Waals surface area contributed by atoms with Crippen molar-refractivity contribution in [1.29, 1.82) is 0 Å². The van der Waals surface area contributed by atoms with Crippen LogP contribution in [0, 0.1) is 5.92 Å². The summed E-state index contributed by atoms with van der Waals surface area (Å²) in [6, 6.07) is 0.807. The van der Waals surface area contributed by atoms with Gasteiger partial charge in [0, 0.05) is 19.1 Å². The highest BCUT2D eigenvalue weighted by atomic mass is 15.2. The van der Waals surface area contributed by atoms with Gasteiger partial charge in [0.05, 0.1) is 0 Å². The van der Waals surface area contributed by atoms with Crippen molar-refractivity contribution in [2.45, 2.75) is 51.5 Å². The quantitative estimate of drug-likeness (QED) is 0.765. The van der Waals surface area contributed by atoms with Gasteiger partial charge in [-0.2, -0.15) is 0 Å². The van der Waals surface area contributed by atoms with E-state index in [4.69, 9.17) is 0 Å². The first-order valence-electron chi connectivity index (χ1n) is 6.82. The summed E-state index contributed by atoms with van der Waals surface area (Å²) in [4.78, 5) is 2.60. The van der Waals surface area contributed by atoms with E-state index in [1.165, 1.54) is 64.7 Å². The predicted molar refractivity (Wildman–Crippen MR) is 65.1 cm³/mol. The Hall–Kier alpha value is -0.0800. The lowest BCUT2D eigenvalue weighted by Crippen LogP contribution is -2.41. The fraction of sp³-hybridized carbons (Fsp3) is 1.00. The Kier molecular flexibility index (Phi) is 4.45. The molecule has 2 atom stereocenters. The molecule has 2 unspecified atom stereocenters. The average molecular weight is 210 g/mol. The smallest absolute Gasteiger partial charge is 0.0107 e. The maximum Gasteiger partial charge on any atom is 0.0107 e. The highest BCUT2D eigenvalue weighted by Crippen LogP contribution is 2.23. The van der Waals surface area contributed by atoms with Gasteiger partial charge in [-0.05, 0) is 44.7 Å². The van der Waals surface area contributed by atoms with Crippen LogP contribution in [0.3, 0.4) is 0 Å². The first-order valence-corrected chi connectivity index (χ1v) is 6.82. The predicted octanol–water partition coefficient (Wildman–Crippen LogP) is 2.25. The number of rotatable bonds is 4. The van der Waals surface area contributed by atoms with E-state index in [0.717, 1.165) is 12.0 Å². The Morgan fingerprint density at radius 1 is 1.07 bits per heavy atom. The molecule has 2 rings (SSSR count). The molecule has 15 heavy (non-hydrogen) atoms. The highest BCUT2D eigenvalue weighted by Gasteiger charge is 2.20. The lowest BCUT2D eigenvalue weighted by atomic mass is 9.86. The molecule has 1 aliphatic carbocycles. The Labute approximate surface area is 94.4 Å². The Bertz CT molecular complexity index is 175. The lowest BCUT2D eigenvalue weighted by molar-refractivity contribution is 0.261. The summed E-state index contributed by atoms with van der Waals surface area (Å²) >= 11 is 0. The molecule has 0 bridgehead atoms. The molecule has 1 saturated heterocycles. The number of likely N-dealkylation sites (tertiary alicyclic amines) is 1. The van der Waals surface area contributed by atoms with Crippen molar-refractivity contribution < 1.29 is 0 Å². The SMILES string of the molecule is CC1CCCCC1NCCN1CCCC1. The van der Waals surface area contributed by atoms with Crippen LogP contribution in [0.1, 0.15) is 45.4 Å². The topological polar surface area (TPSA) is 15.3 Å². The zero-order chi connectivity index (χ0) is 10.5. The molecule has 1 heterocycles. The van der Waals surface area contributed by atoms with Crippen LogP contribution in [0.25, 0.3) is 0 Å².